The zero-order valence-electron chi connectivity index (χ0n) is 11.1. The van der Waals surface area contributed by atoms with Crippen LogP contribution in [-0.4, -0.2) is 34.0 Å². The van der Waals surface area contributed by atoms with Gasteiger partial charge in [0.1, 0.15) is 0 Å². The Balaban J connectivity index is 2.34. The fourth-order valence-electron chi connectivity index (χ4n) is 2.39. The van der Waals surface area contributed by atoms with E-state index < -0.39 is 11.5 Å². The summed E-state index contributed by atoms with van der Waals surface area (Å²) in [5, 5.41) is 9.63. The molecular weight excluding hydrogens is 228 g/mol. The van der Waals surface area contributed by atoms with Gasteiger partial charge in [-0.3, -0.25) is 9.88 Å². The molecule has 18 heavy (non-hydrogen) atoms. The van der Waals surface area contributed by atoms with E-state index in [1.807, 2.05) is 18.0 Å². The van der Waals surface area contributed by atoms with E-state index >= 15 is 0 Å². The van der Waals surface area contributed by atoms with E-state index in [9.17, 15) is 9.90 Å². The lowest BCUT2D eigenvalue weighted by atomic mass is 9.92. The number of nitrogens with zero attached hydrogens (tertiary/aromatic N) is 2. The molecule has 0 amide bonds. The Hall–Kier alpha value is -1.42. The number of likely N-dealkylation sites (N-methyl/N-ethyl adjacent to an activating group) is 1. The third-order valence-electron chi connectivity index (χ3n) is 4.20. The van der Waals surface area contributed by atoms with Crippen molar-refractivity contribution in [3.63, 3.8) is 0 Å². The number of carboxylic acid groups (broad SMARTS) is 1. The van der Waals surface area contributed by atoms with Gasteiger partial charge in [-0.15, -0.1) is 0 Å². The van der Waals surface area contributed by atoms with Crippen LogP contribution in [0.3, 0.4) is 0 Å². The average molecular weight is 248 g/mol. The maximum absolute atomic E-state index is 11.7. The lowest BCUT2D eigenvalue weighted by Gasteiger charge is -2.38. The van der Waals surface area contributed by atoms with Gasteiger partial charge >= 0.3 is 5.97 Å². The number of carbonyl (C=O) groups is 1. The molecule has 98 valence electrons. The van der Waals surface area contributed by atoms with E-state index in [1.54, 1.807) is 25.3 Å². The monoisotopic (exact) mass is 248 g/mol. The second-order valence-electron chi connectivity index (χ2n) is 5.28. The van der Waals surface area contributed by atoms with Crippen molar-refractivity contribution in [2.75, 3.05) is 7.05 Å². The molecule has 0 bridgehead atoms. The Bertz CT molecular complexity index is 431. The molecule has 2 atom stereocenters. The Morgan fingerprint density at radius 1 is 1.56 bits per heavy atom. The van der Waals surface area contributed by atoms with Crippen molar-refractivity contribution in [3.05, 3.63) is 30.1 Å². The topological polar surface area (TPSA) is 53.4 Å². The second kappa shape index (κ2) is 4.69. The fourth-order valence-corrected chi connectivity index (χ4v) is 2.39. The maximum Gasteiger partial charge on any atom is 0.330 e. The Morgan fingerprint density at radius 3 is 2.67 bits per heavy atom. The normalized spacial score (nSPS) is 20.4. The van der Waals surface area contributed by atoms with Crippen molar-refractivity contribution >= 4 is 5.97 Å². The number of carboxylic acids is 1. The van der Waals surface area contributed by atoms with Gasteiger partial charge in [0.2, 0.25) is 0 Å². The number of hydrogen-bond acceptors (Lipinski definition) is 3. The standard InChI is InChI=1S/C14H20N2O2/c1-10(11-7-8-11)16(3)14(2,13(17)18)12-6-4-5-9-15-12/h4-6,9-11H,7-8H2,1-3H3,(H,17,18). The molecule has 0 radical (unpaired) electrons. The molecule has 1 aliphatic rings. The zero-order chi connectivity index (χ0) is 13.3. The minimum Gasteiger partial charge on any atom is -0.480 e. The van der Waals surface area contributed by atoms with Gasteiger partial charge in [0.05, 0.1) is 5.69 Å². The summed E-state index contributed by atoms with van der Waals surface area (Å²) in [6, 6.07) is 5.67. The summed E-state index contributed by atoms with van der Waals surface area (Å²) in [5.41, 5.74) is -0.476. The van der Waals surface area contributed by atoms with Crippen molar-refractivity contribution in [3.8, 4) is 0 Å². The van der Waals surface area contributed by atoms with Crippen LogP contribution in [0.4, 0.5) is 0 Å². The van der Waals surface area contributed by atoms with Gasteiger partial charge in [0, 0.05) is 12.2 Å². The van der Waals surface area contributed by atoms with Crippen molar-refractivity contribution in [1.29, 1.82) is 0 Å². The minimum absolute atomic E-state index is 0.258. The van der Waals surface area contributed by atoms with Crippen molar-refractivity contribution in [1.82, 2.24) is 9.88 Å². The van der Waals surface area contributed by atoms with Gasteiger partial charge in [0.15, 0.2) is 5.54 Å². The summed E-state index contributed by atoms with van der Waals surface area (Å²) in [6.07, 6.45) is 4.04. The predicted octanol–water partition coefficient (Wildman–Crippen LogP) is 2.11. The highest BCUT2D eigenvalue weighted by atomic mass is 16.4. The summed E-state index contributed by atoms with van der Waals surface area (Å²) >= 11 is 0. The molecule has 4 heteroatoms. The van der Waals surface area contributed by atoms with Crippen LogP contribution in [0, 0.1) is 5.92 Å². The first-order chi connectivity index (χ1) is 8.48. The number of hydrogen-bond donors (Lipinski definition) is 1. The zero-order valence-corrected chi connectivity index (χ0v) is 11.1. The molecule has 4 nitrogen and oxygen atoms in total. The Kier molecular flexibility index (Phi) is 3.39. The molecule has 0 aliphatic heterocycles. The SMILES string of the molecule is CC(C1CC1)N(C)C(C)(C(=O)O)c1ccccn1. The molecule has 1 aromatic heterocycles. The van der Waals surface area contributed by atoms with Crippen LogP contribution in [0.5, 0.6) is 0 Å². The summed E-state index contributed by atoms with van der Waals surface area (Å²) in [4.78, 5) is 17.9. The van der Waals surface area contributed by atoms with Gasteiger partial charge in [-0.2, -0.15) is 0 Å². The highest BCUT2D eigenvalue weighted by molar-refractivity contribution is 5.79. The van der Waals surface area contributed by atoms with E-state index in [4.69, 9.17) is 0 Å². The highest BCUT2D eigenvalue weighted by Crippen LogP contribution is 2.39. The molecule has 1 aliphatic carbocycles. The summed E-state index contributed by atoms with van der Waals surface area (Å²) in [5.74, 6) is -0.228. The van der Waals surface area contributed by atoms with Crippen LogP contribution in [0.15, 0.2) is 24.4 Å². The van der Waals surface area contributed by atoms with Gasteiger partial charge in [0.25, 0.3) is 0 Å². The first kappa shape index (κ1) is 13.0. The first-order valence-corrected chi connectivity index (χ1v) is 6.35. The van der Waals surface area contributed by atoms with E-state index in [0.717, 1.165) is 0 Å². The summed E-state index contributed by atoms with van der Waals surface area (Å²) in [6.45, 7) is 3.83. The lowest BCUT2D eigenvalue weighted by molar-refractivity contribution is -0.152. The Labute approximate surface area is 108 Å². The molecular formula is C14H20N2O2. The number of aliphatic carboxylic acids is 1. The average Bonchev–Trinajstić information content (AvgIpc) is 3.21. The lowest BCUT2D eigenvalue weighted by Crippen LogP contribution is -2.52. The molecule has 2 rings (SSSR count). The smallest absolute Gasteiger partial charge is 0.330 e. The molecule has 1 heterocycles. The number of aromatic nitrogens is 1. The molecule has 1 saturated carbocycles. The molecule has 1 aromatic rings. The quantitative estimate of drug-likeness (QED) is 0.867. The van der Waals surface area contributed by atoms with Crippen molar-refractivity contribution in [2.45, 2.75) is 38.3 Å². The molecule has 2 unspecified atom stereocenters. The molecule has 0 spiro atoms. The first-order valence-electron chi connectivity index (χ1n) is 6.35. The third kappa shape index (κ3) is 2.12. The van der Waals surface area contributed by atoms with E-state index in [0.29, 0.717) is 11.6 Å². The minimum atomic E-state index is -1.07. The van der Waals surface area contributed by atoms with Gasteiger partial charge in [-0.05, 0) is 51.8 Å². The van der Waals surface area contributed by atoms with Crippen LogP contribution in [0.2, 0.25) is 0 Å². The van der Waals surface area contributed by atoms with Crippen molar-refractivity contribution < 1.29 is 9.90 Å². The fraction of sp³-hybridized carbons (Fsp3) is 0.571. The molecule has 0 saturated heterocycles. The molecule has 1 fully saturated rings. The molecule has 1 N–H and O–H groups in total. The molecule has 0 aromatic carbocycles. The van der Waals surface area contributed by atoms with Crippen LogP contribution in [0.25, 0.3) is 0 Å². The third-order valence-corrected chi connectivity index (χ3v) is 4.20. The Morgan fingerprint density at radius 2 is 2.22 bits per heavy atom. The van der Waals surface area contributed by atoms with E-state index in [1.165, 1.54) is 12.8 Å². The van der Waals surface area contributed by atoms with Crippen LogP contribution >= 0.6 is 0 Å². The summed E-state index contributed by atoms with van der Waals surface area (Å²) < 4.78 is 0. The van der Waals surface area contributed by atoms with Crippen LogP contribution < -0.4 is 0 Å². The predicted molar refractivity (Wildman–Crippen MR) is 69.2 cm³/mol. The van der Waals surface area contributed by atoms with Crippen molar-refractivity contribution in [2.24, 2.45) is 5.92 Å². The van der Waals surface area contributed by atoms with Crippen LogP contribution in [-0.2, 0) is 10.3 Å². The number of rotatable bonds is 5. The van der Waals surface area contributed by atoms with E-state index in [2.05, 4.69) is 11.9 Å². The summed E-state index contributed by atoms with van der Waals surface area (Å²) in [7, 11) is 1.88. The highest BCUT2D eigenvalue weighted by Gasteiger charge is 2.45. The van der Waals surface area contributed by atoms with E-state index in [-0.39, 0.29) is 6.04 Å². The number of pyridine rings is 1. The maximum atomic E-state index is 11.7. The van der Waals surface area contributed by atoms with Gasteiger partial charge in [-0.1, -0.05) is 6.07 Å². The van der Waals surface area contributed by atoms with Gasteiger partial charge < -0.3 is 5.11 Å². The van der Waals surface area contributed by atoms with Gasteiger partial charge in [-0.25, -0.2) is 4.79 Å². The van der Waals surface area contributed by atoms with Crippen LogP contribution in [0.1, 0.15) is 32.4 Å². The second-order valence-corrected chi connectivity index (χ2v) is 5.28. The largest absolute Gasteiger partial charge is 0.480 e.